The van der Waals surface area contributed by atoms with E-state index in [1.165, 1.54) is 0 Å². The van der Waals surface area contributed by atoms with Crippen molar-refractivity contribution < 1.29 is 33.8 Å². The number of carbonyl (C=O) groups is 4. The van der Waals surface area contributed by atoms with Crippen LogP contribution in [-0.4, -0.2) is 78.1 Å². The van der Waals surface area contributed by atoms with Gasteiger partial charge in [-0.15, -0.1) is 0 Å². The molecule has 2 fully saturated rings. The second-order valence-corrected chi connectivity index (χ2v) is 11.7. The fourth-order valence-electron chi connectivity index (χ4n) is 5.07. The summed E-state index contributed by atoms with van der Waals surface area (Å²) in [5.41, 5.74) is 1.98. The number of anilines is 1. The molecule has 226 valence electrons. The van der Waals surface area contributed by atoms with E-state index in [1.807, 2.05) is 11.8 Å². The lowest BCUT2D eigenvalue weighted by molar-refractivity contribution is -0.124. The van der Waals surface area contributed by atoms with Gasteiger partial charge < -0.3 is 30.5 Å². The van der Waals surface area contributed by atoms with Crippen LogP contribution in [0.1, 0.15) is 64.8 Å². The molecule has 0 saturated carbocycles. The first-order valence-electron chi connectivity index (χ1n) is 14.4. The number of unbranched alkanes of at least 4 members (excludes halogenated alkanes) is 1. The Morgan fingerprint density at radius 2 is 1.67 bits per heavy atom. The average Bonchev–Trinajstić information content (AvgIpc) is 3.56. The van der Waals surface area contributed by atoms with Crippen molar-refractivity contribution in [2.24, 2.45) is 0 Å². The molecule has 0 bridgehead atoms. The highest BCUT2D eigenvalue weighted by Crippen LogP contribution is 2.33. The molecule has 2 aliphatic heterocycles. The molecule has 2 aliphatic rings. The minimum absolute atomic E-state index is 0.0646. The smallest absolute Gasteiger partial charge is 0.315 e. The summed E-state index contributed by atoms with van der Waals surface area (Å²) in [4.78, 5) is 49.2. The van der Waals surface area contributed by atoms with Crippen LogP contribution in [0.25, 0.3) is 0 Å². The maximum atomic E-state index is 12.8. The van der Waals surface area contributed by atoms with Gasteiger partial charge in [-0.2, -0.15) is 11.8 Å². The third kappa shape index (κ3) is 9.38. The van der Waals surface area contributed by atoms with Crippen LogP contribution in [0.2, 0.25) is 0 Å². The van der Waals surface area contributed by atoms with Crippen molar-refractivity contribution in [2.45, 2.75) is 62.5 Å². The largest absolute Gasteiger partial charge is 0.392 e. The van der Waals surface area contributed by atoms with Crippen molar-refractivity contribution in [2.75, 3.05) is 37.5 Å². The van der Waals surface area contributed by atoms with Crippen molar-refractivity contribution >= 4 is 41.0 Å². The molecule has 0 aliphatic carbocycles. The SMILES string of the molecule is O=C(CCCCC1SCC2NC(=O)NC21)COCCOCCCC(=O)c1ccccc1C(=O)Nc1ccc(CO)cc1. The number of hydrogen-bond acceptors (Lipinski definition) is 8. The molecule has 3 unspecified atom stereocenters. The molecular weight excluding hydrogens is 558 g/mol. The fraction of sp³-hybridized carbons (Fsp3) is 0.484. The van der Waals surface area contributed by atoms with Gasteiger partial charge in [0.25, 0.3) is 5.91 Å². The number of Topliss-reactive ketones (excluding diaryl/α,β-unsaturated/α-hetero) is 2. The summed E-state index contributed by atoms with van der Waals surface area (Å²) in [6.45, 7) is 0.986. The molecule has 4 rings (SSSR count). The number of urea groups is 1. The Kier molecular flexibility index (Phi) is 12.4. The molecule has 2 saturated heterocycles. The van der Waals surface area contributed by atoms with Crippen molar-refractivity contribution in [1.82, 2.24) is 10.6 Å². The van der Waals surface area contributed by atoms with Gasteiger partial charge in [0.1, 0.15) is 6.61 Å². The van der Waals surface area contributed by atoms with Gasteiger partial charge in [0.15, 0.2) is 11.6 Å². The number of rotatable bonds is 18. The van der Waals surface area contributed by atoms with E-state index in [4.69, 9.17) is 14.6 Å². The van der Waals surface area contributed by atoms with E-state index in [2.05, 4.69) is 16.0 Å². The molecular formula is C31H39N3O7S. The first kappa shape index (κ1) is 31.7. The zero-order valence-corrected chi connectivity index (χ0v) is 24.5. The van der Waals surface area contributed by atoms with Crippen LogP contribution in [0.3, 0.4) is 0 Å². The van der Waals surface area contributed by atoms with Crippen LogP contribution in [0, 0.1) is 0 Å². The lowest BCUT2D eigenvalue weighted by Gasteiger charge is -2.16. The van der Waals surface area contributed by atoms with E-state index in [0.717, 1.165) is 30.6 Å². The average molecular weight is 598 g/mol. The molecule has 42 heavy (non-hydrogen) atoms. The molecule has 0 radical (unpaired) electrons. The molecule has 10 nitrogen and oxygen atoms in total. The summed E-state index contributed by atoms with van der Waals surface area (Å²) in [6.07, 6.45) is 3.95. The van der Waals surface area contributed by atoms with E-state index in [-0.39, 0.29) is 55.2 Å². The number of aliphatic hydroxyl groups is 1. The van der Waals surface area contributed by atoms with Gasteiger partial charge in [0.2, 0.25) is 0 Å². The molecule has 3 atom stereocenters. The predicted molar refractivity (Wildman–Crippen MR) is 161 cm³/mol. The topological polar surface area (TPSA) is 143 Å². The Morgan fingerprint density at radius 3 is 2.45 bits per heavy atom. The van der Waals surface area contributed by atoms with E-state index in [0.29, 0.717) is 54.7 Å². The Morgan fingerprint density at radius 1 is 0.905 bits per heavy atom. The summed E-state index contributed by atoms with van der Waals surface area (Å²) in [5, 5.41) is 18.3. The Bertz CT molecular complexity index is 1220. The highest BCUT2D eigenvalue weighted by Gasteiger charge is 2.42. The highest BCUT2D eigenvalue weighted by atomic mass is 32.2. The molecule has 2 aromatic rings. The zero-order valence-electron chi connectivity index (χ0n) is 23.6. The minimum atomic E-state index is -0.374. The number of carbonyl (C=O) groups excluding carboxylic acids is 4. The quantitative estimate of drug-likeness (QED) is 0.116. The molecule has 4 N–H and O–H groups in total. The third-order valence-electron chi connectivity index (χ3n) is 7.33. The number of benzene rings is 2. The van der Waals surface area contributed by atoms with Crippen LogP contribution in [-0.2, 0) is 20.9 Å². The van der Waals surface area contributed by atoms with Crippen molar-refractivity contribution in [3.8, 4) is 0 Å². The van der Waals surface area contributed by atoms with E-state index >= 15 is 0 Å². The molecule has 2 aromatic carbocycles. The number of nitrogens with one attached hydrogen (secondary N) is 3. The number of aliphatic hydroxyl groups excluding tert-OH is 1. The van der Waals surface area contributed by atoms with Crippen LogP contribution in [0.4, 0.5) is 10.5 Å². The normalized spacial score (nSPS) is 19.2. The second-order valence-electron chi connectivity index (χ2n) is 10.5. The number of ketones is 2. The van der Waals surface area contributed by atoms with Gasteiger partial charge in [-0.3, -0.25) is 14.4 Å². The monoisotopic (exact) mass is 597 g/mol. The maximum Gasteiger partial charge on any atom is 0.315 e. The van der Waals surface area contributed by atoms with E-state index in [9.17, 15) is 19.2 Å². The van der Waals surface area contributed by atoms with Crippen molar-refractivity contribution in [3.63, 3.8) is 0 Å². The first-order chi connectivity index (χ1) is 20.4. The summed E-state index contributed by atoms with van der Waals surface area (Å²) < 4.78 is 11.0. The van der Waals surface area contributed by atoms with Crippen molar-refractivity contribution in [1.29, 1.82) is 0 Å². The van der Waals surface area contributed by atoms with Crippen LogP contribution >= 0.6 is 11.8 Å². The van der Waals surface area contributed by atoms with Crippen molar-refractivity contribution in [3.05, 3.63) is 65.2 Å². The highest BCUT2D eigenvalue weighted by molar-refractivity contribution is 8.00. The van der Waals surface area contributed by atoms with Gasteiger partial charge >= 0.3 is 6.03 Å². The number of amides is 3. The van der Waals surface area contributed by atoms with E-state index < -0.39 is 0 Å². The maximum absolute atomic E-state index is 12.8. The predicted octanol–water partition coefficient (Wildman–Crippen LogP) is 3.72. The molecule has 11 heteroatoms. The first-order valence-corrected chi connectivity index (χ1v) is 15.5. The zero-order chi connectivity index (χ0) is 29.7. The van der Waals surface area contributed by atoms with Crippen LogP contribution < -0.4 is 16.0 Å². The van der Waals surface area contributed by atoms with Gasteiger partial charge in [-0.25, -0.2) is 4.79 Å². The summed E-state index contributed by atoms with van der Waals surface area (Å²) in [7, 11) is 0. The van der Waals surface area contributed by atoms with E-state index in [1.54, 1.807) is 48.5 Å². The van der Waals surface area contributed by atoms with Gasteiger partial charge in [0.05, 0.1) is 37.5 Å². The molecule has 0 spiro atoms. The Balaban J connectivity index is 1.03. The summed E-state index contributed by atoms with van der Waals surface area (Å²) >= 11 is 1.88. The standard InChI is InChI=1S/C31H39N3O7S/c35-18-21-11-13-22(14-12-21)32-30(38)25-8-3-2-7-24(25)27(37)9-5-15-40-16-17-41-19-23(36)6-1-4-10-28-29-26(20-42-28)33-31(39)34-29/h2-3,7-8,11-14,26,28-29,35H,1,4-6,9-10,15-20H2,(H,32,38)(H2,33,34,39). The van der Waals surface area contributed by atoms with Crippen LogP contribution in [0.5, 0.6) is 0 Å². The number of fused-ring (bicyclic) bond motifs is 1. The fourth-order valence-corrected chi connectivity index (χ4v) is 6.62. The van der Waals surface area contributed by atoms with Gasteiger partial charge in [-0.1, -0.05) is 36.8 Å². The van der Waals surface area contributed by atoms with Gasteiger partial charge in [0, 0.05) is 41.7 Å². The summed E-state index contributed by atoms with van der Waals surface area (Å²) in [6, 6.07) is 13.9. The molecule has 3 amide bonds. The van der Waals surface area contributed by atoms with Crippen LogP contribution in [0.15, 0.2) is 48.5 Å². The Hall–Kier alpha value is -3.25. The Labute approximate surface area is 250 Å². The lowest BCUT2D eigenvalue weighted by atomic mass is 10.00. The molecule has 2 heterocycles. The summed E-state index contributed by atoms with van der Waals surface area (Å²) in [5.74, 6) is 0.493. The number of hydrogen-bond donors (Lipinski definition) is 4. The third-order valence-corrected chi connectivity index (χ3v) is 8.84. The lowest BCUT2D eigenvalue weighted by Crippen LogP contribution is -2.36. The second kappa shape index (κ2) is 16.4. The number of thioether (sulfide) groups is 1. The number of ether oxygens (including phenoxy) is 2. The minimum Gasteiger partial charge on any atom is -0.392 e. The molecule has 0 aromatic heterocycles. The van der Waals surface area contributed by atoms with Gasteiger partial charge in [-0.05, 0) is 43.0 Å².